The molecule has 0 saturated heterocycles. The fourth-order valence-corrected chi connectivity index (χ4v) is 5.15. The van der Waals surface area contributed by atoms with Crippen LogP contribution in [-0.4, -0.2) is 28.0 Å². The first kappa shape index (κ1) is 22.3. The van der Waals surface area contributed by atoms with Crippen molar-refractivity contribution in [1.82, 2.24) is 4.72 Å². The van der Waals surface area contributed by atoms with Gasteiger partial charge in [0.05, 0.1) is 17.0 Å². The normalized spacial score (nSPS) is 13.2. The van der Waals surface area contributed by atoms with Crippen molar-refractivity contribution in [2.45, 2.75) is 24.8 Å². The summed E-state index contributed by atoms with van der Waals surface area (Å²) in [6.07, 6.45) is 0.767. The standard InChI is InChI=1S/C24H23ClN2O4S/c1-16-5-3-4-6-20(16)24(28)27-12-11-18-8-7-17(13-22(18)27)15-26-32(29,30)19-9-10-23(31-2)21(25)14-19/h3-10,13-14,26H,11-12,15H2,1-2H3. The molecule has 1 aliphatic heterocycles. The van der Waals surface area contributed by atoms with Gasteiger partial charge < -0.3 is 9.64 Å². The third-order valence-electron chi connectivity index (χ3n) is 5.57. The second kappa shape index (κ2) is 8.94. The predicted octanol–water partition coefficient (Wildman–Crippen LogP) is 4.34. The Hall–Kier alpha value is -2.87. The third kappa shape index (κ3) is 4.37. The van der Waals surface area contributed by atoms with Gasteiger partial charge in [0.2, 0.25) is 10.0 Å². The molecule has 3 aromatic rings. The Bertz CT molecular complexity index is 1290. The van der Waals surface area contributed by atoms with E-state index < -0.39 is 10.0 Å². The summed E-state index contributed by atoms with van der Waals surface area (Å²) in [5.41, 5.74) is 4.25. The first-order valence-electron chi connectivity index (χ1n) is 10.1. The summed E-state index contributed by atoms with van der Waals surface area (Å²) in [5.74, 6) is 0.357. The topological polar surface area (TPSA) is 75.7 Å². The number of anilines is 1. The van der Waals surface area contributed by atoms with Crippen molar-refractivity contribution in [3.05, 3.63) is 87.9 Å². The van der Waals surface area contributed by atoms with E-state index in [1.165, 1.54) is 25.3 Å². The Labute approximate surface area is 192 Å². The monoisotopic (exact) mass is 470 g/mol. The highest BCUT2D eigenvalue weighted by Crippen LogP contribution is 2.31. The maximum absolute atomic E-state index is 13.1. The maximum atomic E-state index is 13.1. The van der Waals surface area contributed by atoms with Gasteiger partial charge in [0, 0.05) is 24.3 Å². The quantitative estimate of drug-likeness (QED) is 0.581. The van der Waals surface area contributed by atoms with Crippen molar-refractivity contribution in [2.75, 3.05) is 18.6 Å². The Morgan fingerprint density at radius 1 is 1.12 bits per heavy atom. The van der Waals surface area contributed by atoms with E-state index in [0.29, 0.717) is 17.9 Å². The van der Waals surface area contributed by atoms with Crippen LogP contribution < -0.4 is 14.4 Å². The first-order valence-corrected chi connectivity index (χ1v) is 12.0. The molecule has 166 valence electrons. The van der Waals surface area contributed by atoms with Gasteiger partial charge in [-0.05, 0) is 60.4 Å². The highest BCUT2D eigenvalue weighted by atomic mass is 35.5. The summed E-state index contributed by atoms with van der Waals surface area (Å²) >= 11 is 6.07. The summed E-state index contributed by atoms with van der Waals surface area (Å²) in [6, 6.07) is 17.5. The number of aryl methyl sites for hydroxylation is 1. The molecule has 32 heavy (non-hydrogen) atoms. The van der Waals surface area contributed by atoms with Crippen LogP contribution in [0.1, 0.15) is 27.0 Å². The number of halogens is 1. The molecule has 0 aliphatic carbocycles. The molecule has 0 spiro atoms. The highest BCUT2D eigenvalue weighted by Gasteiger charge is 2.27. The van der Waals surface area contributed by atoms with E-state index in [1.807, 2.05) is 49.4 Å². The molecule has 0 bridgehead atoms. The molecule has 8 heteroatoms. The fourth-order valence-electron chi connectivity index (χ4n) is 3.78. The van der Waals surface area contributed by atoms with Crippen LogP contribution in [0.25, 0.3) is 0 Å². The smallest absolute Gasteiger partial charge is 0.258 e. The SMILES string of the molecule is COc1ccc(S(=O)(=O)NCc2ccc3c(c2)N(C(=O)c2ccccc2C)CC3)cc1Cl. The maximum Gasteiger partial charge on any atom is 0.258 e. The van der Waals surface area contributed by atoms with Gasteiger partial charge in [-0.15, -0.1) is 0 Å². The van der Waals surface area contributed by atoms with Crippen LogP contribution in [-0.2, 0) is 23.0 Å². The van der Waals surface area contributed by atoms with E-state index in [4.69, 9.17) is 16.3 Å². The minimum atomic E-state index is -3.77. The minimum Gasteiger partial charge on any atom is -0.495 e. The Morgan fingerprint density at radius 3 is 2.62 bits per heavy atom. The van der Waals surface area contributed by atoms with Crippen molar-refractivity contribution < 1.29 is 17.9 Å². The summed E-state index contributed by atoms with van der Waals surface area (Å²) in [6.45, 7) is 2.61. The third-order valence-corrected chi connectivity index (χ3v) is 7.26. The van der Waals surface area contributed by atoms with Gasteiger partial charge in [0.15, 0.2) is 0 Å². The van der Waals surface area contributed by atoms with Gasteiger partial charge in [-0.2, -0.15) is 0 Å². The molecule has 3 aromatic carbocycles. The van der Waals surface area contributed by atoms with E-state index in [2.05, 4.69) is 4.72 Å². The van der Waals surface area contributed by atoms with Crippen molar-refractivity contribution in [3.8, 4) is 5.75 Å². The Morgan fingerprint density at radius 2 is 1.91 bits per heavy atom. The van der Waals surface area contributed by atoms with Crippen LogP contribution in [0.15, 0.2) is 65.6 Å². The lowest BCUT2D eigenvalue weighted by Gasteiger charge is -2.19. The number of carbonyl (C=O) groups excluding carboxylic acids is 1. The molecule has 1 amide bonds. The molecule has 6 nitrogen and oxygen atoms in total. The van der Waals surface area contributed by atoms with E-state index in [-0.39, 0.29) is 22.4 Å². The van der Waals surface area contributed by atoms with Crippen LogP contribution >= 0.6 is 11.6 Å². The number of nitrogens with zero attached hydrogens (tertiary/aromatic N) is 1. The number of fused-ring (bicyclic) bond motifs is 1. The van der Waals surface area contributed by atoms with Crippen molar-refractivity contribution in [1.29, 1.82) is 0 Å². The van der Waals surface area contributed by atoms with Crippen molar-refractivity contribution in [3.63, 3.8) is 0 Å². The van der Waals surface area contributed by atoms with Gasteiger partial charge in [0.25, 0.3) is 5.91 Å². The summed E-state index contributed by atoms with van der Waals surface area (Å²) in [5, 5.41) is 0.221. The second-order valence-corrected chi connectivity index (χ2v) is 9.78. The van der Waals surface area contributed by atoms with E-state index >= 15 is 0 Å². The molecule has 0 unspecified atom stereocenters. The van der Waals surface area contributed by atoms with Crippen LogP contribution in [0.4, 0.5) is 5.69 Å². The molecule has 0 radical (unpaired) electrons. The summed E-state index contributed by atoms with van der Waals surface area (Å²) in [7, 11) is -2.30. The molecule has 1 heterocycles. The zero-order valence-electron chi connectivity index (χ0n) is 17.8. The van der Waals surface area contributed by atoms with E-state index in [0.717, 1.165) is 28.8 Å². The van der Waals surface area contributed by atoms with Crippen LogP contribution in [0.3, 0.4) is 0 Å². The van der Waals surface area contributed by atoms with Crippen molar-refractivity contribution in [2.24, 2.45) is 0 Å². The lowest BCUT2D eigenvalue weighted by molar-refractivity contribution is 0.0989. The molecule has 4 rings (SSSR count). The molecule has 0 fully saturated rings. The average molecular weight is 471 g/mol. The van der Waals surface area contributed by atoms with Gasteiger partial charge in [0.1, 0.15) is 5.75 Å². The van der Waals surface area contributed by atoms with Gasteiger partial charge in [-0.1, -0.05) is 41.9 Å². The molecule has 0 aromatic heterocycles. The Kier molecular flexibility index (Phi) is 6.24. The number of carbonyl (C=O) groups is 1. The largest absolute Gasteiger partial charge is 0.495 e. The lowest BCUT2D eigenvalue weighted by atomic mass is 10.1. The van der Waals surface area contributed by atoms with Gasteiger partial charge in [-0.3, -0.25) is 4.79 Å². The van der Waals surface area contributed by atoms with Crippen LogP contribution in [0.2, 0.25) is 5.02 Å². The Balaban J connectivity index is 1.53. The second-order valence-electron chi connectivity index (χ2n) is 7.61. The molecule has 1 aliphatic rings. The number of methoxy groups -OCH3 is 1. The molecular formula is C24H23ClN2O4S. The number of rotatable bonds is 6. The lowest BCUT2D eigenvalue weighted by Crippen LogP contribution is -2.29. The van der Waals surface area contributed by atoms with E-state index in [1.54, 1.807) is 4.90 Å². The summed E-state index contributed by atoms with van der Waals surface area (Å²) < 4.78 is 33.1. The number of nitrogens with one attached hydrogen (secondary N) is 1. The van der Waals surface area contributed by atoms with Gasteiger partial charge >= 0.3 is 0 Å². The number of benzene rings is 3. The number of hydrogen-bond donors (Lipinski definition) is 1. The first-order chi connectivity index (χ1) is 15.3. The van der Waals surface area contributed by atoms with Crippen molar-refractivity contribution >= 4 is 33.2 Å². The zero-order valence-corrected chi connectivity index (χ0v) is 19.3. The number of amides is 1. The molecular weight excluding hydrogens is 448 g/mol. The zero-order chi connectivity index (χ0) is 22.9. The highest BCUT2D eigenvalue weighted by molar-refractivity contribution is 7.89. The van der Waals surface area contributed by atoms with Crippen LogP contribution in [0.5, 0.6) is 5.75 Å². The summed E-state index contributed by atoms with van der Waals surface area (Å²) in [4.78, 5) is 14.9. The van der Waals surface area contributed by atoms with Gasteiger partial charge in [-0.25, -0.2) is 13.1 Å². The predicted molar refractivity (Wildman–Crippen MR) is 125 cm³/mol. The number of sulfonamides is 1. The van der Waals surface area contributed by atoms with E-state index in [9.17, 15) is 13.2 Å². The molecule has 0 atom stereocenters. The average Bonchev–Trinajstić information content (AvgIpc) is 3.21. The minimum absolute atomic E-state index is 0.0487. The fraction of sp³-hybridized carbons (Fsp3) is 0.208. The van der Waals surface area contributed by atoms with Crippen LogP contribution in [0, 0.1) is 6.92 Å². The molecule has 1 N–H and O–H groups in total. The molecule has 0 saturated carbocycles. The number of ether oxygens (including phenoxy) is 1. The number of hydrogen-bond acceptors (Lipinski definition) is 4.